The predicted molar refractivity (Wildman–Crippen MR) is 75.6 cm³/mol. The summed E-state index contributed by atoms with van der Waals surface area (Å²) in [6, 6.07) is 8.35. The van der Waals surface area contributed by atoms with Gasteiger partial charge in [0.05, 0.1) is 18.6 Å². The average Bonchev–Trinajstić information content (AvgIpc) is 2.88. The minimum atomic E-state index is 0.657. The number of nitrogens with zero attached hydrogens (tertiary/aromatic N) is 2. The molecule has 0 unspecified atom stereocenters. The Kier molecular flexibility index (Phi) is 5.12. The molecule has 4 heteroatoms. The summed E-state index contributed by atoms with van der Waals surface area (Å²) in [6.45, 7) is 5.41. The number of rotatable bonds is 7. The highest BCUT2D eigenvalue weighted by Gasteiger charge is 2.03. The van der Waals surface area contributed by atoms with Crippen molar-refractivity contribution < 1.29 is 4.74 Å². The fourth-order valence-electron chi connectivity index (χ4n) is 2.13. The molecule has 0 saturated carbocycles. The van der Waals surface area contributed by atoms with Crippen LogP contribution < -0.4 is 5.32 Å². The molecule has 1 aromatic heterocycles. The van der Waals surface area contributed by atoms with Crippen LogP contribution in [-0.2, 0) is 31.0 Å². The highest BCUT2D eigenvalue weighted by atomic mass is 16.5. The molecule has 0 aliphatic carbocycles. The van der Waals surface area contributed by atoms with Gasteiger partial charge in [-0.15, -0.1) is 0 Å². The molecule has 0 aliphatic heterocycles. The topological polar surface area (TPSA) is 39.1 Å². The summed E-state index contributed by atoms with van der Waals surface area (Å²) >= 11 is 0. The van der Waals surface area contributed by atoms with Crippen LogP contribution in [0.4, 0.5) is 0 Å². The molecule has 1 aromatic carbocycles. The van der Waals surface area contributed by atoms with Gasteiger partial charge >= 0.3 is 0 Å². The molecule has 19 heavy (non-hydrogen) atoms. The van der Waals surface area contributed by atoms with Crippen molar-refractivity contribution in [2.45, 2.75) is 33.2 Å². The number of imidazole rings is 1. The van der Waals surface area contributed by atoms with Crippen LogP contribution in [0.25, 0.3) is 0 Å². The van der Waals surface area contributed by atoms with Gasteiger partial charge in [-0.3, -0.25) is 0 Å². The Morgan fingerprint density at radius 1 is 1.21 bits per heavy atom. The van der Waals surface area contributed by atoms with E-state index in [2.05, 4.69) is 40.0 Å². The van der Waals surface area contributed by atoms with Crippen LogP contribution in [0.2, 0.25) is 0 Å². The lowest BCUT2D eigenvalue weighted by Crippen LogP contribution is -2.16. The standard InChI is InChI=1S/C15H21N3O/c1-3-18-12-17-10-15(18)9-16-8-13-6-4-5-7-14(13)11-19-2/h4-7,10,12,16H,3,8-9,11H2,1-2H3. The molecule has 0 spiro atoms. The number of aryl methyl sites for hydroxylation is 1. The van der Waals surface area contributed by atoms with Crippen molar-refractivity contribution in [2.24, 2.45) is 0 Å². The van der Waals surface area contributed by atoms with E-state index in [1.807, 2.05) is 18.6 Å². The van der Waals surface area contributed by atoms with E-state index in [-0.39, 0.29) is 0 Å². The monoisotopic (exact) mass is 259 g/mol. The Hall–Kier alpha value is -1.65. The number of ether oxygens (including phenoxy) is 1. The van der Waals surface area contributed by atoms with E-state index in [0.717, 1.165) is 19.6 Å². The van der Waals surface area contributed by atoms with Crippen LogP contribution in [0, 0.1) is 0 Å². The highest BCUT2D eigenvalue weighted by Crippen LogP contribution is 2.10. The number of hydrogen-bond donors (Lipinski definition) is 1. The normalized spacial score (nSPS) is 10.8. The van der Waals surface area contributed by atoms with Gasteiger partial charge in [0.15, 0.2) is 0 Å². The molecule has 1 N–H and O–H groups in total. The van der Waals surface area contributed by atoms with E-state index in [1.165, 1.54) is 16.8 Å². The van der Waals surface area contributed by atoms with Gasteiger partial charge in [0, 0.05) is 32.9 Å². The van der Waals surface area contributed by atoms with Gasteiger partial charge in [-0.2, -0.15) is 0 Å². The molecule has 2 rings (SSSR count). The van der Waals surface area contributed by atoms with Crippen molar-refractivity contribution in [1.29, 1.82) is 0 Å². The zero-order valence-corrected chi connectivity index (χ0v) is 11.6. The molecular weight excluding hydrogens is 238 g/mol. The first-order valence-electron chi connectivity index (χ1n) is 6.60. The van der Waals surface area contributed by atoms with Gasteiger partial charge in [0.25, 0.3) is 0 Å². The van der Waals surface area contributed by atoms with Crippen LogP contribution in [0.15, 0.2) is 36.8 Å². The summed E-state index contributed by atoms with van der Waals surface area (Å²) in [5.41, 5.74) is 3.74. The molecule has 0 aliphatic rings. The van der Waals surface area contributed by atoms with Crippen LogP contribution >= 0.6 is 0 Å². The maximum atomic E-state index is 5.22. The van der Waals surface area contributed by atoms with E-state index in [4.69, 9.17) is 4.74 Å². The van der Waals surface area contributed by atoms with Crippen molar-refractivity contribution in [3.8, 4) is 0 Å². The van der Waals surface area contributed by atoms with Gasteiger partial charge in [-0.25, -0.2) is 4.98 Å². The number of methoxy groups -OCH3 is 1. The second kappa shape index (κ2) is 7.07. The van der Waals surface area contributed by atoms with Crippen LogP contribution in [-0.4, -0.2) is 16.7 Å². The summed E-state index contributed by atoms with van der Waals surface area (Å²) in [5.74, 6) is 0. The molecule has 1 heterocycles. The summed E-state index contributed by atoms with van der Waals surface area (Å²) < 4.78 is 7.36. The van der Waals surface area contributed by atoms with Crippen LogP contribution in [0.5, 0.6) is 0 Å². The van der Waals surface area contributed by atoms with Crippen molar-refractivity contribution in [1.82, 2.24) is 14.9 Å². The van der Waals surface area contributed by atoms with Crippen LogP contribution in [0.1, 0.15) is 23.7 Å². The van der Waals surface area contributed by atoms with E-state index in [0.29, 0.717) is 6.61 Å². The molecule has 2 aromatic rings. The fourth-order valence-corrected chi connectivity index (χ4v) is 2.13. The van der Waals surface area contributed by atoms with E-state index in [1.54, 1.807) is 7.11 Å². The molecule has 0 atom stereocenters. The molecule has 0 radical (unpaired) electrons. The maximum Gasteiger partial charge on any atom is 0.0948 e. The third-order valence-corrected chi connectivity index (χ3v) is 3.18. The second-order valence-corrected chi connectivity index (χ2v) is 4.48. The summed E-state index contributed by atoms with van der Waals surface area (Å²) in [5, 5.41) is 3.46. The first-order chi connectivity index (χ1) is 9.35. The average molecular weight is 259 g/mol. The minimum Gasteiger partial charge on any atom is -0.380 e. The minimum absolute atomic E-state index is 0.657. The van der Waals surface area contributed by atoms with Gasteiger partial charge in [0.2, 0.25) is 0 Å². The van der Waals surface area contributed by atoms with Crippen molar-refractivity contribution >= 4 is 0 Å². The SMILES string of the molecule is CCn1cncc1CNCc1ccccc1COC. The molecule has 102 valence electrons. The van der Waals surface area contributed by atoms with E-state index in [9.17, 15) is 0 Å². The third-order valence-electron chi connectivity index (χ3n) is 3.18. The lowest BCUT2D eigenvalue weighted by Gasteiger charge is -2.10. The molecule has 0 bridgehead atoms. The predicted octanol–water partition coefficient (Wildman–Crippen LogP) is 2.34. The molecule has 0 amide bonds. The summed E-state index contributed by atoms with van der Waals surface area (Å²) in [4.78, 5) is 4.17. The summed E-state index contributed by atoms with van der Waals surface area (Å²) in [6.07, 6.45) is 3.79. The Labute approximate surface area is 114 Å². The number of aromatic nitrogens is 2. The van der Waals surface area contributed by atoms with Gasteiger partial charge < -0.3 is 14.6 Å². The molecule has 4 nitrogen and oxygen atoms in total. The maximum absolute atomic E-state index is 5.22. The van der Waals surface area contributed by atoms with E-state index < -0.39 is 0 Å². The quantitative estimate of drug-likeness (QED) is 0.829. The Balaban J connectivity index is 1.92. The lowest BCUT2D eigenvalue weighted by molar-refractivity contribution is 0.184. The second-order valence-electron chi connectivity index (χ2n) is 4.48. The first kappa shape index (κ1) is 13.8. The smallest absolute Gasteiger partial charge is 0.0948 e. The zero-order chi connectivity index (χ0) is 13.5. The van der Waals surface area contributed by atoms with E-state index >= 15 is 0 Å². The molecular formula is C15H21N3O. The first-order valence-corrected chi connectivity index (χ1v) is 6.60. The van der Waals surface area contributed by atoms with Gasteiger partial charge in [0.1, 0.15) is 0 Å². The van der Waals surface area contributed by atoms with Crippen molar-refractivity contribution in [2.75, 3.05) is 7.11 Å². The largest absolute Gasteiger partial charge is 0.380 e. The molecule has 0 fully saturated rings. The fraction of sp³-hybridized carbons (Fsp3) is 0.400. The number of nitrogens with one attached hydrogen (secondary N) is 1. The third kappa shape index (κ3) is 3.66. The van der Waals surface area contributed by atoms with Gasteiger partial charge in [-0.05, 0) is 18.1 Å². The zero-order valence-electron chi connectivity index (χ0n) is 11.6. The Bertz CT molecular complexity index is 508. The van der Waals surface area contributed by atoms with Gasteiger partial charge in [-0.1, -0.05) is 24.3 Å². The molecule has 0 saturated heterocycles. The Morgan fingerprint density at radius 2 is 2.00 bits per heavy atom. The highest BCUT2D eigenvalue weighted by molar-refractivity contribution is 5.26. The number of benzene rings is 1. The number of hydrogen-bond acceptors (Lipinski definition) is 3. The Morgan fingerprint density at radius 3 is 2.74 bits per heavy atom. The van der Waals surface area contributed by atoms with Crippen molar-refractivity contribution in [3.05, 3.63) is 53.6 Å². The lowest BCUT2D eigenvalue weighted by atomic mass is 10.1. The van der Waals surface area contributed by atoms with Crippen LogP contribution in [0.3, 0.4) is 0 Å². The van der Waals surface area contributed by atoms with Crippen molar-refractivity contribution in [3.63, 3.8) is 0 Å². The summed E-state index contributed by atoms with van der Waals surface area (Å²) in [7, 11) is 1.73.